The molecule has 0 atom stereocenters. The van der Waals surface area contributed by atoms with Crippen LogP contribution in [0.1, 0.15) is 50.5 Å². The number of esters is 1. The van der Waals surface area contributed by atoms with Gasteiger partial charge in [-0.1, -0.05) is 12.5 Å². The zero-order valence-electron chi connectivity index (χ0n) is 13.3. The van der Waals surface area contributed by atoms with E-state index in [2.05, 4.69) is 6.58 Å². The van der Waals surface area contributed by atoms with Crippen molar-refractivity contribution in [3.63, 3.8) is 0 Å². The van der Waals surface area contributed by atoms with Gasteiger partial charge in [-0.25, -0.2) is 4.39 Å². The maximum Gasteiger partial charge on any atom is 0.314 e. The number of carbonyl (C=O) groups excluding carboxylic acids is 1. The fourth-order valence-corrected chi connectivity index (χ4v) is 3.08. The number of halogens is 1. The molecule has 1 saturated carbocycles. The van der Waals surface area contributed by atoms with Gasteiger partial charge in [-0.15, -0.1) is 6.58 Å². The molecule has 4 heteroatoms. The molecule has 0 aliphatic heterocycles. The molecule has 0 bridgehead atoms. The minimum atomic E-state index is -0.671. The van der Waals surface area contributed by atoms with Crippen LogP contribution < -0.4 is 4.74 Å². The molecule has 0 spiro atoms. The Labute approximate surface area is 136 Å². The van der Waals surface area contributed by atoms with Gasteiger partial charge in [-0.3, -0.25) is 4.79 Å². The summed E-state index contributed by atoms with van der Waals surface area (Å²) in [6.07, 6.45) is 8.96. The van der Waals surface area contributed by atoms with Crippen LogP contribution in [0.15, 0.2) is 30.9 Å². The van der Waals surface area contributed by atoms with Crippen molar-refractivity contribution < 1.29 is 13.9 Å². The van der Waals surface area contributed by atoms with Crippen LogP contribution in [0.4, 0.5) is 4.39 Å². The summed E-state index contributed by atoms with van der Waals surface area (Å²) in [4.78, 5) is 12.2. The standard InChI is InChI=1S/C19H22FNO2/c1-2-3-4-5-14-6-9-16(10-7-14)19(22)23-18-11-8-15(13-21)12-17(18)20/h2,8,11-12,14,16H,1,3-7,9-10H2. The van der Waals surface area contributed by atoms with E-state index in [-0.39, 0.29) is 23.2 Å². The predicted octanol–water partition coefficient (Wildman–Crippen LogP) is 4.77. The fraction of sp³-hybridized carbons (Fsp3) is 0.474. The van der Waals surface area contributed by atoms with Gasteiger partial charge in [0.2, 0.25) is 0 Å². The Balaban J connectivity index is 1.83. The van der Waals surface area contributed by atoms with Gasteiger partial charge in [0.15, 0.2) is 11.6 Å². The van der Waals surface area contributed by atoms with E-state index in [9.17, 15) is 9.18 Å². The average molecular weight is 315 g/mol. The number of benzene rings is 1. The van der Waals surface area contributed by atoms with Crippen molar-refractivity contribution in [2.45, 2.75) is 44.9 Å². The highest BCUT2D eigenvalue weighted by atomic mass is 19.1. The maximum atomic E-state index is 13.8. The summed E-state index contributed by atoms with van der Waals surface area (Å²) >= 11 is 0. The molecular weight excluding hydrogens is 293 g/mol. The number of nitrogens with zero attached hydrogens (tertiary/aromatic N) is 1. The molecule has 2 rings (SSSR count). The lowest BCUT2D eigenvalue weighted by atomic mass is 9.80. The quantitative estimate of drug-likeness (QED) is 0.329. The lowest BCUT2D eigenvalue weighted by Crippen LogP contribution is -2.26. The third kappa shape index (κ3) is 4.92. The van der Waals surface area contributed by atoms with Crippen molar-refractivity contribution >= 4 is 5.97 Å². The Bertz CT molecular complexity index is 598. The third-order valence-electron chi connectivity index (χ3n) is 4.47. The molecule has 1 fully saturated rings. The third-order valence-corrected chi connectivity index (χ3v) is 4.47. The number of allylic oxidation sites excluding steroid dienone is 1. The molecule has 3 nitrogen and oxygen atoms in total. The molecule has 0 saturated heterocycles. The first kappa shape index (κ1) is 17.2. The molecule has 0 N–H and O–H groups in total. The number of hydrogen-bond donors (Lipinski definition) is 0. The van der Waals surface area contributed by atoms with E-state index < -0.39 is 5.82 Å². The molecule has 1 aliphatic carbocycles. The first-order valence-corrected chi connectivity index (χ1v) is 8.16. The van der Waals surface area contributed by atoms with E-state index in [1.165, 1.54) is 18.6 Å². The van der Waals surface area contributed by atoms with Gasteiger partial charge in [-0.05, 0) is 62.6 Å². The molecule has 23 heavy (non-hydrogen) atoms. The second-order valence-electron chi connectivity index (χ2n) is 6.12. The molecular formula is C19H22FNO2. The highest BCUT2D eigenvalue weighted by Gasteiger charge is 2.28. The molecule has 1 aliphatic rings. The van der Waals surface area contributed by atoms with Crippen LogP contribution in [0, 0.1) is 29.0 Å². The molecule has 0 amide bonds. The Morgan fingerprint density at radius 2 is 2.13 bits per heavy atom. The summed E-state index contributed by atoms with van der Waals surface area (Å²) in [6, 6.07) is 5.72. The molecule has 0 radical (unpaired) electrons. The van der Waals surface area contributed by atoms with Gasteiger partial charge in [0.05, 0.1) is 17.6 Å². The smallest absolute Gasteiger partial charge is 0.314 e. The summed E-state index contributed by atoms with van der Waals surface area (Å²) in [6.45, 7) is 3.73. The van der Waals surface area contributed by atoms with Crippen molar-refractivity contribution in [3.05, 3.63) is 42.2 Å². The molecule has 0 heterocycles. The monoisotopic (exact) mass is 315 g/mol. The summed E-state index contributed by atoms with van der Waals surface area (Å²) in [7, 11) is 0. The van der Waals surface area contributed by atoms with Gasteiger partial charge >= 0.3 is 5.97 Å². The Kier molecular flexibility index (Phi) is 6.34. The van der Waals surface area contributed by atoms with Crippen molar-refractivity contribution in [2.24, 2.45) is 11.8 Å². The number of nitriles is 1. The first-order chi connectivity index (χ1) is 11.1. The van der Waals surface area contributed by atoms with Crippen molar-refractivity contribution in [1.82, 2.24) is 0 Å². The van der Waals surface area contributed by atoms with Crippen LogP contribution in [0.25, 0.3) is 0 Å². The van der Waals surface area contributed by atoms with Gasteiger partial charge in [-0.2, -0.15) is 5.26 Å². The van der Waals surface area contributed by atoms with Gasteiger partial charge in [0.1, 0.15) is 0 Å². The predicted molar refractivity (Wildman–Crippen MR) is 86.2 cm³/mol. The van der Waals surface area contributed by atoms with Crippen molar-refractivity contribution in [2.75, 3.05) is 0 Å². The van der Waals surface area contributed by atoms with Crippen LogP contribution in [0.2, 0.25) is 0 Å². The average Bonchev–Trinajstić information content (AvgIpc) is 2.57. The van der Waals surface area contributed by atoms with Gasteiger partial charge < -0.3 is 4.74 Å². The second-order valence-corrected chi connectivity index (χ2v) is 6.12. The minimum absolute atomic E-state index is 0.0953. The lowest BCUT2D eigenvalue weighted by molar-refractivity contribution is -0.140. The van der Waals surface area contributed by atoms with Crippen LogP contribution >= 0.6 is 0 Å². The van der Waals surface area contributed by atoms with E-state index in [1.54, 1.807) is 0 Å². The van der Waals surface area contributed by atoms with E-state index >= 15 is 0 Å². The highest BCUT2D eigenvalue weighted by Crippen LogP contribution is 2.33. The summed E-state index contributed by atoms with van der Waals surface area (Å²) in [5.74, 6) is -0.609. The van der Waals surface area contributed by atoms with E-state index in [0.29, 0.717) is 5.92 Å². The summed E-state index contributed by atoms with van der Waals surface area (Å²) in [5, 5.41) is 8.71. The van der Waals surface area contributed by atoms with Gasteiger partial charge in [0, 0.05) is 0 Å². The molecule has 0 aromatic heterocycles. The lowest BCUT2D eigenvalue weighted by Gasteiger charge is -2.27. The van der Waals surface area contributed by atoms with Crippen LogP contribution in [0.3, 0.4) is 0 Å². The minimum Gasteiger partial charge on any atom is -0.423 e. The fourth-order valence-electron chi connectivity index (χ4n) is 3.08. The molecule has 1 aromatic rings. The summed E-state index contributed by atoms with van der Waals surface area (Å²) < 4.78 is 18.9. The maximum absolute atomic E-state index is 13.8. The molecule has 0 unspecified atom stereocenters. The van der Waals surface area contributed by atoms with E-state index in [0.717, 1.165) is 44.6 Å². The zero-order valence-corrected chi connectivity index (χ0v) is 13.3. The Morgan fingerprint density at radius 1 is 1.39 bits per heavy atom. The normalized spacial score (nSPS) is 20.5. The zero-order chi connectivity index (χ0) is 16.7. The number of rotatable bonds is 6. The number of hydrogen-bond acceptors (Lipinski definition) is 3. The Morgan fingerprint density at radius 3 is 2.74 bits per heavy atom. The number of carbonyl (C=O) groups is 1. The van der Waals surface area contributed by atoms with Crippen molar-refractivity contribution in [1.29, 1.82) is 5.26 Å². The molecule has 122 valence electrons. The largest absolute Gasteiger partial charge is 0.423 e. The topological polar surface area (TPSA) is 50.1 Å². The summed E-state index contributed by atoms with van der Waals surface area (Å²) in [5.41, 5.74) is 0.210. The van der Waals surface area contributed by atoms with Crippen molar-refractivity contribution in [3.8, 4) is 11.8 Å². The van der Waals surface area contributed by atoms with E-state index in [4.69, 9.17) is 10.00 Å². The second kappa shape index (κ2) is 8.47. The van der Waals surface area contributed by atoms with Crippen LogP contribution in [-0.2, 0) is 4.79 Å². The van der Waals surface area contributed by atoms with Crippen LogP contribution in [0.5, 0.6) is 5.75 Å². The van der Waals surface area contributed by atoms with Crippen LogP contribution in [-0.4, -0.2) is 5.97 Å². The Hall–Kier alpha value is -2.15. The number of ether oxygens (including phenoxy) is 1. The first-order valence-electron chi connectivity index (χ1n) is 8.16. The molecule has 1 aromatic carbocycles. The van der Waals surface area contributed by atoms with Gasteiger partial charge in [0.25, 0.3) is 0 Å². The van der Waals surface area contributed by atoms with E-state index in [1.807, 2.05) is 12.1 Å². The number of unbranched alkanes of at least 4 members (excludes halogenated alkanes) is 1. The highest BCUT2D eigenvalue weighted by molar-refractivity contribution is 5.75. The SMILES string of the molecule is C=CCCCC1CCC(C(=O)Oc2ccc(C#N)cc2F)CC1.